The van der Waals surface area contributed by atoms with Crippen molar-refractivity contribution < 1.29 is 4.39 Å². The van der Waals surface area contributed by atoms with Crippen molar-refractivity contribution in [3.8, 4) is 0 Å². The third-order valence-electron chi connectivity index (χ3n) is 2.60. The summed E-state index contributed by atoms with van der Waals surface area (Å²) in [5.41, 5.74) is 2.74. The lowest BCUT2D eigenvalue weighted by Gasteiger charge is -2.08. The molecule has 0 saturated heterocycles. The summed E-state index contributed by atoms with van der Waals surface area (Å²) in [6.45, 7) is 0.483. The highest BCUT2D eigenvalue weighted by molar-refractivity contribution is 6.31. The molecular weight excluding hydrogens is 272 g/mol. The highest BCUT2D eigenvalue weighted by atomic mass is 35.5. The number of hydrogen-bond acceptors (Lipinski definition) is 1. The number of benzene rings is 2. The van der Waals surface area contributed by atoms with Gasteiger partial charge in [0.2, 0.25) is 0 Å². The predicted molar refractivity (Wildman–Crippen MR) is 74.7 cm³/mol. The van der Waals surface area contributed by atoms with Gasteiger partial charge in [-0.1, -0.05) is 23.7 Å². The maximum absolute atomic E-state index is 13.1. The van der Waals surface area contributed by atoms with Crippen LogP contribution in [0.25, 0.3) is 0 Å². The summed E-state index contributed by atoms with van der Waals surface area (Å²) in [7, 11) is 0. The predicted octanol–water partition coefficient (Wildman–Crippen LogP) is 4.83. The molecule has 2 aromatic rings. The average Bonchev–Trinajstić information content (AvgIpc) is 2.40. The molecule has 0 heterocycles. The Balaban J connectivity index is 2.04. The van der Waals surface area contributed by atoms with Crippen molar-refractivity contribution in [2.75, 3.05) is 5.32 Å². The molecule has 0 aliphatic carbocycles. The maximum atomic E-state index is 13.1. The molecule has 1 N–H and O–H groups in total. The molecular formula is C14H12Cl2FN. The normalized spacial score (nSPS) is 10.4. The van der Waals surface area contributed by atoms with Gasteiger partial charge in [-0.2, -0.15) is 0 Å². The summed E-state index contributed by atoms with van der Waals surface area (Å²) in [5, 5.41) is 3.74. The van der Waals surface area contributed by atoms with Gasteiger partial charge in [0.05, 0.1) is 0 Å². The topological polar surface area (TPSA) is 12.0 Å². The minimum atomic E-state index is -0.284. The van der Waals surface area contributed by atoms with E-state index in [1.807, 2.05) is 24.3 Å². The molecule has 18 heavy (non-hydrogen) atoms. The number of halogens is 3. The molecule has 0 fully saturated rings. The van der Waals surface area contributed by atoms with Gasteiger partial charge in [0, 0.05) is 23.1 Å². The van der Waals surface area contributed by atoms with E-state index in [4.69, 9.17) is 23.2 Å². The first-order valence-corrected chi connectivity index (χ1v) is 6.43. The van der Waals surface area contributed by atoms with E-state index in [0.717, 1.165) is 16.8 Å². The molecule has 2 rings (SSSR count). The SMILES string of the molecule is Fc1ccc(Cl)c(CNc2ccc(CCl)cc2)c1. The first-order chi connectivity index (χ1) is 8.69. The zero-order valence-electron chi connectivity index (χ0n) is 9.59. The second-order valence-corrected chi connectivity index (χ2v) is 4.59. The van der Waals surface area contributed by atoms with Crippen molar-refractivity contribution in [2.24, 2.45) is 0 Å². The zero-order valence-corrected chi connectivity index (χ0v) is 11.1. The average molecular weight is 284 g/mol. The van der Waals surface area contributed by atoms with E-state index in [-0.39, 0.29) is 5.82 Å². The first-order valence-electron chi connectivity index (χ1n) is 5.52. The van der Waals surface area contributed by atoms with Gasteiger partial charge in [-0.05, 0) is 41.5 Å². The Morgan fingerprint density at radius 1 is 1.06 bits per heavy atom. The van der Waals surface area contributed by atoms with E-state index >= 15 is 0 Å². The molecule has 0 radical (unpaired) electrons. The van der Waals surface area contributed by atoms with Crippen LogP contribution in [0, 0.1) is 5.82 Å². The van der Waals surface area contributed by atoms with Crippen LogP contribution in [0.1, 0.15) is 11.1 Å². The second-order valence-electron chi connectivity index (χ2n) is 3.92. The van der Waals surface area contributed by atoms with Crippen molar-refractivity contribution in [3.05, 3.63) is 64.4 Å². The van der Waals surface area contributed by atoms with Crippen LogP contribution >= 0.6 is 23.2 Å². The van der Waals surface area contributed by atoms with Gasteiger partial charge in [-0.25, -0.2) is 4.39 Å². The van der Waals surface area contributed by atoms with Crippen molar-refractivity contribution in [2.45, 2.75) is 12.4 Å². The fourth-order valence-corrected chi connectivity index (χ4v) is 1.95. The molecule has 0 aliphatic heterocycles. The Hall–Kier alpha value is -1.25. The van der Waals surface area contributed by atoms with Crippen molar-refractivity contribution in [1.82, 2.24) is 0 Å². The van der Waals surface area contributed by atoms with Gasteiger partial charge >= 0.3 is 0 Å². The molecule has 0 bridgehead atoms. The maximum Gasteiger partial charge on any atom is 0.123 e. The van der Waals surface area contributed by atoms with E-state index < -0.39 is 0 Å². The van der Waals surface area contributed by atoms with Crippen LogP contribution < -0.4 is 5.32 Å². The number of alkyl halides is 1. The van der Waals surface area contributed by atoms with Crippen molar-refractivity contribution >= 4 is 28.9 Å². The van der Waals surface area contributed by atoms with Gasteiger partial charge in [-0.15, -0.1) is 11.6 Å². The minimum Gasteiger partial charge on any atom is -0.381 e. The van der Waals surface area contributed by atoms with Gasteiger partial charge in [-0.3, -0.25) is 0 Å². The highest BCUT2D eigenvalue weighted by Gasteiger charge is 2.02. The van der Waals surface area contributed by atoms with Crippen molar-refractivity contribution in [3.63, 3.8) is 0 Å². The summed E-state index contributed by atoms with van der Waals surface area (Å²) in [6.07, 6.45) is 0. The molecule has 0 saturated carbocycles. The lowest BCUT2D eigenvalue weighted by Crippen LogP contribution is -2.00. The van der Waals surface area contributed by atoms with E-state index in [1.165, 1.54) is 12.1 Å². The molecule has 0 unspecified atom stereocenters. The monoisotopic (exact) mass is 283 g/mol. The highest BCUT2D eigenvalue weighted by Crippen LogP contribution is 2.19. The standard InChI is InChI=1S/C14H12Cl2FN/c15-8-10-1-4-13(5-2-10)18-9-11-7-12(17)3-6-14(11)16/h1-7,18H,8-9H2. The molecule has 0 amide bonds. The Labute approximate surface area is 116 Å². The minimum absolute atomic E-state index is 0.284. The molecule has 0 atom stereocenters. The molecule has 2 aromatic carbocycles. The number of rotatable bonds is 4. The lowest BCUT2D eigenvalue weighted by molar-refractivity contribution is 0.626. The van der Waals surface area contributed by atoms with Crippen LogP contribution in [-0.2, 0) is 12.4 Å². The molecule has 0 spiro atoms. The Bertz CT molecular complexity index is 526. The van der Waals surface area contributed by atoms with Gasteiger partial charge < -0.3 is 5.32 Å². The van der Waals surface area contributed by atoms with Crippen LogP contribution in [0.2, 0.25) is 5.02 Å². The number of anilines is 1. The molecule has 94 valence electrons. The van der Waals surface area contributed by atoms with Crippen molar-refractivity contribution in [1.29, 1.82) is 0 Å². The molecule has 0 aliphatic rings. The van der Waals surface area contributed by atoms with E-state index in [9.17, 15) is 4.39 Å². The van der Waals surface area contributed by atoms with E-state index in [0.29, 0.717) is 17.4 Å². The first kappa shape index (κ1) is 13.2. The van der Waals surface area contributed by atoms with Gasteiger partial charge in [0.25, 0.3) is 0 Å². The molecule has 1 nitrogen and oxygen atoms in total. The fourth-order valence-electron chi connectivity index (χ4n) is 1.59. The Morgan fingerprint density at radius 3 is 2.44 bits per heavy atom. The molecule has 0 aromatic heterocycles. The summed E-state index contributed by atoms with van der Waals surface area (Å²) in [6, 6.07) is 12.1. The lowest BCUT2D eigenvalue weighted by atomic mass is 10.2. The summed E-state index contributed by atoms with van der Waals surface area (Å²) < 4.78 is 13.1. The van der Waals surface area contributed by atoms with Crippen LogP contribution in [0.5, 0.6) is 0 Å². The second kappa shape index (κ2) is 6.07. The summed E-state index contributed by atoms with van der Waals surface area (Å²) in [5.74, 6) is 0.212. The molecule has 4 heteroatoms. The van der Waals surface area contributed by atoms with E-state index in [1.54, 1.807) is 6.07 Å². The smallest absolute Gasteiger partial charge is 0.123 e. The Morgan fingerprint density at radius 2 is 1.78 bits per heavy atom. The fraction of sp³-hybridized carbons (Fsp3) is 0.143. The third kappa shape index (κ3) is 3.37. The third-order valence-corrected chi connectivity index (χ3v) is 3.28. The number of nitrogens with one attached hydrogen (secondary N) is 1. The van der Waals surface area contributed by atoms with Gasteiger partial charge in [0.1, 0.15) is 5.82 Å². The van der Waals surface area contributed by atoms with E-state index in [2.05, 4.69) is 5.32 Å². The largest absolute Gasteiger partial charge is 0.381 e. The Kier molecular flexibility index (Phi) is 4.45. The van der Waals surface area contributed by atoms with Crippen LogP contribution in [0.3, 0.4) is 0 Å². The van der Waals surface area contributed by atoms with Crippen LogP contribution in [0.15, 0.2) is 42.5 Å². The van der Waals surface area contributed by atoms with Crippen LogP contribution in [-0.4, -0.2) is 0 Å². The number of hydrogen-bond donors (Lipinski definition) is 1. The summed E-state index contributed by atoms with van der Waals surface area (Å²) in [4.78, 5) is 0. The van der Waals surface area contributed by atoms with Gasteiger partial charge in [0.15, 0.2) is 0 Å². The quantitative estimate of drug-likeness (QED) is 0.793. The zero-order chi connectivity index (χ0) is 13.0. The van der Waals surface area contributed by atoms with Crippen LogP contribution in [0.4, 0.5) is 10.1 Å². The summed E-state index contributed by atoms with van der Waals surface area (Å²) >= 11 is 11.7.